The molecule has 1 unspecified atom stereocenters. The first-order valence-electron chi connectivity index (χ1n) is 5.26. The van der Waals surface area contributed by atoms with Crippen molar-refractivity contribution in [2.75, 3.05) is 25.5 Å². The van der Waals surface area contributed by atoms with Gasteiger partial charge in [-0.2, -0.15) is 0 Å². The summed E-state index contributed by atoms with van der Waals surface area (Å²) in [5.74, 6) is 0. The fourth-order valence-electron chi connectivity index (χ4n) is 1.94. The van der Waals surface area contributed by atoms with Crippen molar-refractivity contribution in [3.8, 4) is 0 Å². The van der Waals surface area contributed by atoms with Crippen molar-refractivity contribution in [3.63, 3.8) is 0 Å². The minimum Gasteiger partial charge on any atom is -0.381 e. The zero-order valence-electron chi connectivity index (χ0n) is 8.96. The van der Waals surface area contributed by atoms with Gasteiger partial charge >= 0.3 is 0 Å². The first-order chi connectivity index (χ1) is 6.74. The molecule has 0 aromatic heterocycles. The van der Waals surface area contributed by atoms with Crippen LogP contribution < -0.4 is 5.32 Å². The summed E-state index contributed by atoms with van der Waals surface area (Å²) in [6.07, 6.45) is 1.25. The fraction of sp³-hybridized carbons (Fsp3) is 0.500. The van der Waals surface area contributed by atoms with Crippen LogP contribution in [0.2, 0.25) is 0 Å². The van der Waals surface area contributed by atoms with Crippen LogP contribution in [0.4, 0.5) is 5.69 Å². The van der Waals surface area contributed by atoms with Crippen molar-refractivity contribution in [2.24, 2.45) is 0 Å². The Morgan fingerprint density at radius 2 is 2.00 bits per heavy atom. The van der Waals surface area contributed by atoms with E-state index in [9.17, 15) is 0 Å². The molecule has 14 heavy (non-hydrogen) atoms. The van der Waals surface area contributed by atoms with Crippen molar-refractivity contribution < 1.29 is 0 Å². The average Bonchev–Trinajstić information content (AvgIpc) is 2.56. The van der Waals surface area contributed by atoms with Crippen LogP contribution in [0.3, 0.4) is 0 Å². The van der Waals surface area contributed by atoms with Crippen LogP contribution in [-0.2, 0) is 0 Å². The summed E-state index contributed by atoms with van der Waals surface area (Å²) in [4.78, 5) is 2.37. The Labute approximate surface area is 85.9 Å². The van der Waals surface area contributed by atoms with E-state index in [1.165, 1.54) is 24.2 Å². The number of hydrogen-bond acceptors (Lipinski definition) is 2. The Morgan fingerprint density at radius 3 is 2.57 bits per heavy atom. The van der Waals surface area contributed by atoms with Gasteiger partial charge in [-0.15, -0.1) is 0 Å². The molecule has 0 radical (unpaired) electrons. The zero-order chi connectivity index (χ0) is 9.97. The summed E-state index contributed by atoms with van der Waals surface area (Å²) in [7, 11) is 2.18. The zero-order valence-corrected chi connectivity index (χ0v) is 8.96. The highest BCUT2D eigenvalue weighted by Gasteiger charge is 2.18. The minimum atomic E-state index is 0.628. The van der Waals surface area contributed by atoms with Crippen LogP contribution in [-0.4, -0.2) is 31.1 Å². The first-order valence-corrected chi connectivity index (χ1v) is 5.26. The quantitative estimate of drug-likeness (QED) is 0.768. The SMILES string of the molecule is Cc1ccc(NC2CCN(C)C2)cc1. The van der Waals surface area contributed by atoms with E-state index in [4.69, 9.17) is 0 Å². The molecule has 1 fully saturated rings. The number of anilines is 1. The monoisotopic (exact) mass is 190 g/mol. The van der Waals surface area contributed by atoms with Gasteiger partial charge in [0.15, 0.2) is 0 Å². The van der Waals surface area contributed by atoms with Gasteiger partial charge in [-0.3, -0.25) is 0 Å². The fourth-order valence-corrected chi connectivity index (χ4v) is 1.94. The predicted molar refractivity (Wildman–Crippen MR) is 60.7 cm³/mol. The second-order valence-corrected chi connectivity index (χ2v) is 4.26. The number of aryl methyl sites for hydroxylation is 1. The molecular formula is C12H18N2. The van der Waals surface area contributed by atoms with Crippen LogP contribution in [0, 0.1) is 6.92 Å². The predicted octanol–water partition coefficient (Wildman–Crippen LogP) is 2.11. The Morgan fingerprint density at radius 1 is 1.29 bits per heavy atom. The molecule has 1 N–H and O–H groups in total. The summed E-state index contributed by atoms with van der Waals surface area (Å²) in [5, 5.41) is 3.56. The van der Waals surface area contributed by atoms with E-state index >= 15 is 0 Å². The average molecular weight is 190 g/mol. The van der Waals surface area contributed by atoms with E-state index in [2.05, 4.69) is 48.5 Å². The number of hydrogen-bond donors (Lipinski definition) is 1. The van der Waals surface area contributed by atoms with E-state index in [-0.39, 0.29) is 0 Å². The molecule has 1 saturated heterocycles. The lowest BCUT2D eigenvalue weighted by molar-refractivity contribution is 0.414. The van der Waals surface area contributed by atoms with Crippen molar-refractivity contribution in [1.29, 1.82) is 0 Å². The minimum absolute atomic E-state index is 0.628. The third-order valence-electron chi connectivity index (χ3n) is 2.81. The van der Waals surface area contributed by atoms with E-state index in [0.717, 1.165) is 6.54 Å². The topological polar surface area (TPSA) is 15.3 Å². The van der Waals surface area contributed by atoms with Crippen molar-refractivity contribution in [2.45, 2.75) is 19.4 Å². The second-order valence-electron chi connectivity index (χ2n) is 4.26. The van der Waals surface area contributed by atoms with Crippen molar-refractivity contribution >= 4 is 5.69 Å². The van der Waals surface area contributed by atoms with Gasteiger partial charge in [0.1, 0.15) is 0 Å². The van der Waals surface area contributed by atoms with Crippen LogP contribution in [0.15, 0.2) is 24.3 Å². The lowest BCUT2D eigenvalue weighted by Gasteiger charge is -2.14. The maximum absolute atomic E-state index is 3.56. The number of benzene rings is 1. The van der Waals surface area contributed by atoms with Gasteiger partial charge < -0.3 is 10.2 Å². The molecular weight excluding hydrogens is 172 g/mol. The molecule has 76 valence electrons. The summed E-state index contributed by atoms with van der Waals surface area (Å²) in [5.41, 5.74) is 2.56. The van der Waals surface area contributed by atoms with E-state index in [1.807, 2.05) is 0 Å². The first kappa shape index (κ1) is 9.53. The largest absolute Gasteiger partial charge is 0.381 e. The Balaban J connectivity index is 1.94. The molecule has 1 heterocycles. The smallest absolute Gasteiger partial charge is 0.0400 e. The molecule has 1 aromatic rings. The van der Waals surface area contributed by atoms with Crippen LogP contribution in [0.1, 0.15) is 12.0 Å². The van der Waals surface area contributed by atoms with Crippen molar-refractivity contribution in [1.82, 2.24) is 4.90 Å². The maximum Gasteiger partial charge on any atom is 0.0400 e. The van der Waals surface area contributed by atoms with Gasteiger partial charge in [0, 0.05) is 18.3 Å². The molecule has 1 aliphatic rings. The number of likely N-dealkylation sites (N-methyl/N-ethyl adjacent to an activating group) is 1. The normalized spacial score (nSPS) is 22.6. The lowest BCUT2D eigenvalue weighted by Crippen LogP contribution is -2.23. The molecule has 0 aliphatic carbocycles. The van der Waals surface area contributed by atoms with E-state index in [1.54, 1.807) is 0 Å². The van der Waals surface area contributed by atoms with Crippen molar-refractivity contribution in [3.05, 3.63) is 29.8 Å². The highest BCUT2D eigenvalue weighted by atomic mass is 15.2. The third kappa shape index (κ3) is 2.26. The van der Waals surface area contributed by atoms with Gasteiger partial charge in [-0.1, -0.05) is 17.7 Å². The summed E-state index contributed by atoms with van der Waals surface area (Å²) in [6.45, 7) is 4.49. The molecule has 0 saturated carbocycles. The molecule has 0 bridgehead atoms. The lowest BCUT2D eigenvalue weighted by atomic mass is 10.2. The van der Waals surface area contributed by atoms with Gasteiger partial charge in [0.05, 0.1) is 0 Å². The van der Waals surface area contributed by atoms with E-state index < -0.39 is 0 Å². The van der Waals surface area contributed by atoms with Crippen LogP contribution in [0.5, 0.6) is 0 Å². The molecule has 2 rings (SSSR count). The van der Waals surface area contributed by atoms with E-state index in [0.29, 0.717) is 6.04 Å². The number of nitrogens with one attached hydrogen (secondary N) is 1. The Hall–Kier alpha value is -1.02. The molecule has 0 amide bonds. The number of rotatable bonds is 2. The summed E-state index contributed by atoms with van der Waals surface area (Å²) < 4.78 is 0. The van der Waals surface area contributed by atoms with Crippen LogP contribution in [0.25, 0.3) is 0 Å². The second kappa shape index (κ2) is 4.01. The summed E-state index contributed by atoms with van der Waals surface area (Å²) >= 11 is 0. The van der Waals surface area contributed by atoms with Gasteiger partial charge in [0.25, 0.3) is 0 Å². The van der Waals surface area contributed by atoms with Gasteiger partial charge in [0.2, 0.25) is 0 Å². The maximum atomic E-state index is 3.56. The molecule has 1 aromatic carbocycles. The molecule has 1 atom stereocenters. The molecule has 0 spiro atoms. The number of nitrogens with zero attached hydrogens (tertiary/aromatic N) is 1. The standard InChI is InChI=1S/C12H18N2/c1-10-3-5-11(6-4-10)13-12-7-8-14(2)9-12/h3-6,12-13H,7-9H2,1-2H3. The third-order valence-corrected chi connectivity index (χ3v) is 2.81. The van der Waals surface area contributed by atoms with Crippen LogP contribution >= 0.6 is 0 Å². The Bertz CT molecular complexity index is 292. The highest BCUT2D eigenvalue weighted by molar-refractivity contribution is 5.45. The summed E-state index contributed by atoms with van der Waals surface area (Å²) in [6, 6.07) is 9.26. The highest BCUT2D eigenvalue weighted by Crippen LogP contribution is 2.15. The molecule has 1 aliphatic heterocycles. The molecule has 2 heteroatoms. The number of likely N-dealkylation sites (tertiary alicyclic amines) is 1. The molecule has 2 nitrogen and oxygen atoms in total. The van der Waals surface area contributed by atoms with Gasteiger partial charge in [-0.05, 0) is 39.1 Å². The van der Waals surface area contributed by atoms with Gasteiger partial charge in [-0.25, -0.2) is 0 Å². The Kier molecular flexibility index (Phi) is 2.73.